The number of carbonyl (C=O) groups is 1. The fourth-order valence-corrected chi connectivity index (χ4v) is 2.14. The summed E-state index contributed by atoms with van der Waals surface area (Å²) in [6.45, 7) is 1.88. The molecule has 0 aliphatic heterocycles. The molecule has 4 nitrogen and oxygen atoms in total. The van der Waals surface area contributed by atoms with Gasteiger partial charge < -0.3 is 4.74 Å². The highest BCUT2D eigenvalue weighted by molar-refractivity contribution is 9.10. The van der Waals surface area contributed by atoms with Gasteiger partial charge in [0.1, 0.15) is 0 Å². The van der Waals surface area contributed by atoms with Crippen LogP contribution in [-0.2, 0) is 11.2 Å². The van der Waals surface area contributed by atoms with Crippen LogP contribution in [0.1, 0.15) is 27.4 Å². The van der Waals surface area contributed by atoms with Gasteiger partial charge in [0.2, 0.25) is 0 Å². The Balaban J connectivity index is 2.31. The van der Waals surface area contributed by atoms with E-state index in [1.807, 2.05) is 31.2 Å². The van der Waals surface area contributed by atoms with Crippen LogP contribution in [0.4, 0.5) is 0 Å². The molecule has 19 heavy (non-hydrogen) atoms. The lowest BCUT2D eigenvalue weighted by molar-refractivity contribution is 0.0593. The standard InChI is InChI=1S/C14H13BrN2O2/c1-9-12(7-10-4-3-5-11(15)6-10)17-13(8-16-9)14(18)19-2/h3-6,8H,7H2,1-2H3. The zero-order valence-electron chi connectivity index (χ0n) is 10.7. The number of ether oxygens (including phenoxy) is 1. The molecule has 0 amide bonds. The summed E-state index contributed by atoms with van der Waals surface area (Å²) in [6, 6.07) is 7.96. The summed E-state index contributed by atoms with van der Waals surface area (Å²) in [4.78, 5) is 20.0. The van der Waals surface area contributed by atoms with Gasteiger partial charge in [-0.1, -0.05) is 28.1 Å². The fourth-order valence-electron chi connectivity index (χ4n) is 1.70. The maximum atomic E-state index is 11.5. The van der Waals surface area contributed by atoms with Gasteiger partial charge in [0, 0.05) is 10.9 Å². The summed E-state index contributed by atoms with van der Waals surface area (Å²) in [5, 5.41) is 0. The average Bonchev–Trinajstić information content (AvgIpc) is 2.40. The number of methoxy groups -OCH3 is 1. The first kappa shape index (κ1) is 13.7. The molecule has 0 atom stereocenters. The molecule has 1 aromatic carbocycles. The minimum absolute atomic E-state index is 0.234. The highest BCUT2D eigenvalue weighted by Gasteiger charge is 2.11. The van der Waals surface area contributed by atoms with Crippen LogP contribution in [0.3, 0.4) is 0 Å². The largest absolute Gasteiger partial charge is 0.464 e. The molecule has 0 spiro atoms. The van der Waals surface area contributed by atoms with E-state index in [9.17, 15) is 4.79 Å². The monoisotopic (exact) mass is 320 g/mol. The van der Waals surface area contributed by atoms with Crippen LogP contribution in [0.15, 0.2) is 34.9 Å². The number of halogens is 1. The number of aryl methyl sites for hydroxylation is 1. The van der Waals surface area contributed by atoms with Gasteiger partial charge in [-0.05, 0) is 24.6 Å². The molecule has 2 rings (SSSR count). The van der Waals surface area contributed by atoms with Gasteiger partial charge in [0.15, 0.2) is 5.69 Å². The Morgan fingerprint density at radius 3 is 2.89 bits per heavy atom. The maximum absolute atomic E-state index is 11.5. The number of benzene rings is 1. The lowest BCUT2D eigenvalue weighted by Gasteiger charge is -2.06. The van der Waals surface area contributed by atoms with Crippen molar-refractivity contribution < 1.29 is 9.53 Å². The number of esters is 1. The summed E-state index contributed by atoms with van der Waals surface area (Å²) >= 11 is 3.43. The zero-order chi connectivity index (χ0) is 13.8. The van der Waals surface area contributed by atoms with E-state index in [0.717, 1.165) is 21.4 Å². The Kier molecular flexibility index (Phi) is 4.27. The summed E-state index contributed by atoms with van der Waals surface area (Å²) in [5.41, 5.74) is 2.93. The predicted octanol–water partition coefficient (Wildman–Crippen LogP) is 2.92. The van der Waals surface area contributed by atoms with E-state index in [1.54, 1.807) is 0 Å². The predicted molar refractivity (Wildman–Crippen MR) is 75.1 cm³/mol. The van der Waals surface area contributed by atoms with Crippen molar-refractivity contribution in [1.29, 1.82) is 0 Å². The molecule has 0 unspecified atom stereocenters. The summed E-state index contributed by atoms with van der Waals surface area (Å²) < 4.78 is 5.67. The van der Waals surface area contributed by atoms with Crippen LogP contribution in [0, 0.1) is 6.92 Å². The first-order valence-electron chi connectivity index (χ1n) is 5.75. The van der Waals surface area contributed by atoms with Gasteiger partial charge >= 0.3 is 5.97 Å². The Morgan fingerprint density at radius 2 is 2.21 bits per heavy atom. The van der Waals surface area contributed by atoms with Gasteiger partial charge in [-0.15, -0.1) is 0 Å². The molecule has 0 radical (unpaired) electrons. The second-order valence-corrected chi connectivity index (χ2v) is 5.00. The number of hydrogen-bond acceptors (Lipinski definition) is 4. The highest BCUT2D eigenvalue weighted by Crippen LogP contribution is 2.16. The average molecular weight is 321 g/mol. The number of carbonyl (C=O) groups excluding carboxylic acids is 1. The Hall–Kier alpha value is -1.75. The van der Waals surface area contributed by atoms with Crippen molar-refractivity contribution in [1.82, 2.24) is 9.97 Å². The molecule has 98 valence electrons. The molecular weight excluding hydrogens is 308 g/mol. The van der Waals surface area contributed by atoms with Crippen LogP contribution in [0.2, 0.25) is 0 Å². The van der Waals surface area contributed by atoms with Crippen LogP contribution in [0.25, 0.3) is 0 Å². The molecule has 1 heterocycles. The van der Waals surface area contributed by atoms with Gasteiger partial charge in [-0.25, -0.2) is 9.78 Å². The second-order valence-electron chi connectivity index (χ2n) is 4.09. The minimum atomic E-state index is -0.469. The van der Waals surface area contributed by atoms with E-state index in [0.29, 0.717) is 6.42 Å². The quantitative estimate of drug-likeness (QED) is 0.816. The summed E-state index contributed by atoms with van der Waals surface area (Å²) in [5.74, 6) is -0.469. The third-order valence-corrected chi connectivity index (χ3v) is 3.20. The molecule has 0 saturated heterocycles. The SMILES string of the molecule is COC(=O)c1cnc(C)c(Cc2cccc(Br)c2)n1. The third kappa shape index (κ3) is 3.38. The van der Waals surface area contributed by atoms with Gasteiger partial charge in [-0.3, -0.25) is 4.98 Å². The Morgan fingerprint density at radius 1 is 1.42 bits per heavy atom. The number of nitrogens with zero attached hydrogens (tertiary/aromatic N) is 2. The first-order chi connectivity index (χ1) is 9.10. The van der Waals surface area contributed by atoms with Crippen LogP contribution >= 0.6 is 15.9 Å². The van der Waals surface area contributed by atoms with E-state index in [-0.39, 0.29) is 5.69 Å². The molecule has 0 saturated carbocycles. The van der Waals surface area contributed by atoms with Crippen molar-refractivity contribution in [3.8, 4) is 0 Å². The zero-order valence-corrected chi connectivity index (χ0v) is 12.3. The smallest absolute Gasteiger partial charge is 0.358 e. The summed E-state index contributed by atoms with van der Waals surface area (Å²) in [6.07, 6.45) is 2.06. The van der Waals surface area contributed by atoms with Gasteiger partial charge in [0.05, 0.1) is 24.7 Å². The van der Waals surface area contributed by atoms with Gasteiger partial charge in [-0.2, -0.15) is 0 Å². The Bertz CT molecular complexity index is 614. The Labute approximate surface area is 120 Å². The van der Waals surface area contributed by atoms with E-state index in [1.165, 1.54) is 13.3 Å². The molecule has 0 aliphatic carbocycles. The van der Waals surface area contributed by atoms with Crippen LogP contribution in [0.5, 0.6) is 0 Å². The maximum Gasteiger partial charge on any atom is 0.358 e. The molecule has 5 heteroatoms. The normalized spacial score (nSPS) is 10.3. The lowest BCUT2D eigenvalue weighted by atomic mass is 10.1. The van der Waals surface area contributed by atoms with Crippen molar-refractivity contribution in [2.75, 3.05) is 7.11 Å². The van der Waals surface area contributed by atoms with Gasteiger partial charge in [0.25, 0.3) is 0 Å². The molecule has 2 aromatic rings. The molecule has 1 aromatic heterocycles. The highest BCUT2D eigenvalue weighted by atomic mass is 79.9. The van der Waals surface area contributed by atoms with E-state index < -0.39 is 5.97 Å². The lowest BCUT2D eigenvalue weighted by Crippen LogP contribution is -2.09. The van der Waals surface area contributed by atoms with Crippen LogP contribution in [-0.4, -0.2) is 23.0 Å². The van der Waals surface area contributed by atoms with E-state index in [4.69, 9.17) is 0 Å². The van der Waals surface area contributed by atoms with E-state index in [2.05, 4.69) is 30.6 Å². The van der Waals surface area contributed by atoms with Crippen molar-refractivity contribution >= 4 is 21.9 Å². The number of rotatable bonds is 3. The minimum Gasteiger partial charge on any atom is -0.464 e. The van der Waals surface area contributed by atoms with Crippen molar-refractivity contribution in [2.24, 2.45) is 0 Å². The van der Waals surface area contributed by atoms with E-state index >= 15 is 0 Å². The van der Waals surface area contributed by atoms with Crippen molar-refractivity contribution in [3.05, 3.63) is 57.6 Å². The first-order valence-corrected chi connectivity index (χ1v) is 6.54. The molecule has 0 aliphatic rings. The van der Waals surface area contributed by atoms with Crippen molar-refractivity contribution in [3.63, 3.8) is 0 Å². The molecule has 0 N–H and O–H groups in total. The summed E-state index contributed by atoms with van der Waals surface area (Å²) in [7, 11) is 1.33. The fraction of sp³-hybridized carbons (Fsp3) is 0.214. The molecule has 0 fully saturated rings. The van der Waals surface area contributed by atoms with Crippen LogP contribution < -0.4 is 0 Å². The molecular formula is C14H13BrN2O2. The third-order valence-electron chi connectivity index (χ3n) is 2.71. The number of aromatic nitrogens is 2. The van der Waals surface area contributed by atoms with Crippen molar-refractivity contribution in [2.45, 2.75) is 13.3 Å². The number of hydrogen-bond donors (Lipinski definition) is 0. The topological polar surface area (TPSA) is 52.1 Å². The molecule has 0 bridgehead atoms. The second kappa shape index (κ2) is 5.93.